The van der Waals surface area contributed by atoms with Gasteiger partial charge >= 0.3 is 0 Å². The fourth-order valence-electron chi connectivity index (χ4n) is 0.378. The number of hydrogen-bond acceptors (Lipinski definition) is 1. The second kappa shape index (κ2) is 5.60. The first-order valence-corrected chi connectivity index (χ1v) is 2.96. The molecule has 0 bridgehead atoms. The van der Waals surface area contributed by atoms with E-state index in [1.54, 1.807) is 0 Å². The van der Waals surface area contributed by atoms with Gasteiger partial charge < -0.3 is 5.32 Å². The van der Waals surface area contributed by atoms with Gasteiger partial charge in [0.25, 0.3) is 0 Å². The lowest BCUT2D eigenvalue weighted by Crippen LogP contribution is -2.26. The molecule has 0 aromatic heterocycles. The first kappa shape index (κ1) is 11.3. The van der Waals surface area contributed by atoms with Gasteiger partial charge in [-0.2, -0.15) is 0 Å². The second-order valence-corrected chi connectivity index (χ2v) is 2.05. The fourth-order valence-corrected chi connectivity index (χ4v) is 0.378. The summed E-state index contributed by atoms with van der Waals surface area (Å²) in [4.78, 5) is 10.6. The third kappa shape index (κ3) is 5.34. The van der Waals surface area contributed by atoms with Crippen molar-refractivity contribution in [3.63, 3.8) is 0 Å². The first-order chi connectivity index (χ1) is 3.68. The van der Waals surface area contributed by atoms with Gasteiger partial charge in [-0.1, -0.05) is 21.3 Å². The van der Waals surface area contributed by atoms with Crippen LogP contribution in [0.1, 0.15) is 28.2 Å². The Hall–Kier alpha value is -0.530. The Bertz CT molecular complexity index is 79.0. The van der Waals surface area contributed by atoms with Crippen molar-refractivity contribution in [2.75, 3.05) is 6.54 Å². The molecule has 0 aromatic carbocycles. The molecule has 1 N–H and O–H groups in total. The Kier molecular flexibility index (Phi) is 7.03. The summed E-state index contributed by atoms with van der Waals surface area (Å²) in [7, 11) is 0. The molecule has 0 saturated heterocycles. The predicted octanol–water partition coefficient (Wildman–Crippen LogP) is 1.41. The molecule has 2 nitrogen and oxygen atoms in total. The fraction of sp³-hybridized carbons (Fsp3) is 0.857. The molecule has 0 radical (unpaired) electrons. The van der Waals surface area contributed by atoms with Crippen LogP contribution < -0.4 is 5.32 Å². The lowest BCUT2D eigenvalue weighted by molar-refractivity contribution is -0.123. The van der Waals surface area contributed by atoms with Crippen LogP contribution in [-0.2, 0) is 4.79 Å². The Balaban J connectivity index is 0. The molecular formula is C7H17NO. The van der Waals surface area contributed by atoms with Crippen LogP contribution in [0.25, 0.3) is 0 Å². The quantitative estimate of drug-likeness (QED) is 0.603. The summed E-state index contributed by atoms with van der Waals surface area (Å²) in [5.41, 5.74) is 0. The highest BCUT2D eigenvalue weighted by Crippen LogP contribution is 1.88. The van der Waals surface area contributed by atoms with Crippen molar-refractivity contribution in [3.05, 3.63) is 0 Å². The number of carbonyl (C=O) groups is 1. The van der Waals surface area contributed by atoms with Gasteiger partial charge in [0.1, 0.15) is 0 Å². The molecule has 0 aliphatic rings. The lowest BCUT2D eigenvalue weighted by atomic mass is 10.2. The Morgan fingerprint density at radius 2 is 2.00 bits per heavy atom. The standard InChI is InChI=1S/C6H13NO.CH4/c1-4-7-6(8)5(2)3;/h5H,4H2,1-3H3,(H,7,8);1H4. The molecule has 2 heteroatoms. The van der Waals surface area contributed by atoms with E-state index in [1.165, 1.54) is 0 Å². The van der Waals surface area contributed by atoms with Gasteiger partial charge in [0.15, 0.2) is 0 Å². The monoisotopic (exact) mass is 131 g/mol. The van der Waals surface area contributed by atoms with E-state index in [1.807, 2.05) is 20.8 Å². The molecular weight excluding hydrogens is 114 g/mol. The van der Waals surface area contributed by atoms with Gasteiger partial charge in [0, 0.05) is 12.5 Å². The van der Waals surface area contributed by atoms with Crippen LogP contribution in [0, 0.1) is 5.92 Å². The molecule has 0 rings (SSSR count). The van der Waals surface area contributed by atoms with Crippen LogP contribution in [0.15, 0.2) is 0 Å². The van der Waals surface area contributed by atoms with E-state index >= 15 is 0 Å². The highest BCUT2D eigenvalue weighted by atomic mass is 16.1. The second-order valence-electron chi connectivity index (χ2n) is 2.05. The first-order valence-electron chi connectivity index (χ1n) is 2.96. The number of carbonyl (C=O) groups excluding carboxylic acids is 1. The highest BCUT2D eigenvalue weighted by Gasteiger charge is 2.02. The SMILES string of the molecule is C.CCNC(=O)C(C)C. The number of hydrogen-bond donors (Lipinski definition) is 1. The van der Waals surface area contributed by atoms with Crippen molar-refractivity contribution in [2.45, 2.75) is 28.2 Å². The molecule has 0 fully saturated rings. The normalized spacial score (nSPS) is 8.44. The summed E-state index contributed by atoms with van der Waals surface area (Å²) >= 11 is 0. The third-order valence-electron chi connectivity index (χ3n) is 0.875. The molecule has 0 unspecified atom stereocenters. The molecule has 0 aliphatic heterocycles. The molecule has 0 saturated carbocycles. The topological polar surface area (TPSA) is 29.1 Å². The molecule has 0 aliphatic carbocycles. The number of rotatable bonds is 2. The van der Waals surface area contributed by atoms with Crippen LogP contribution in [0.2, 0.25) is 0 Å². The summed E-state index contributed by atoms with van der Waals surface area (Å²) in [5.74, 6) is 0.252. The van der Waals surface area contributed by atoms with Gasteiger partial charge in [-0.15, -0.1) is 0 Å². The van der Waals surface area contributed by atoms with E-state index < -0.39 is 0 Å². The zero-order valence-electron chi connectivity index (χ0n) is 5.69. The lowest BCUT2D eigenvalue weighted by Gasteiger charge is -2.02. The van der Waals surface area contributed by atoms with Crippen molar-refractivity contribution in [1.29, 1.82) is 0 Å². The van der Waals surface area contributed by atoms with Crippen molar-refractivity contribution in [1.82, 2.24) is 5.32 Å². The van der Waals surface area contributed by atoms with E-state index in [2.05, 4.69) is 5.32 Å². The van der Waals surface area contributed by atoms with E-state index in [9.17, 15) is 4.79 Å². The molecule has 0 atom stereocenters. The summed E-state index contributed by atoms with van der Waals surface area (Å²) in [5, 5.41) is 2.71. The number of amides is 1. The van der Waals surface area contributed by atoms with Gasteiger partial charge in [0.05, 0.1) is 0 Å². The summed E-state index contributed by atoms with van der Waals surface area (Å²) in [6, 6.07) is 0. The molecule has 56 valence electrons. The highest BCUT2D eigenvalue weighted by molar-refractivity contribution is 5.77. The average Bonchev–Trinajstić information content (AvgIpc) is 1.67. The summed E-state index contributed by atoms with van der Waals surface area (Å²) < 4.78 is 0. The van der Waals surface area contributed by atoms with E-state index in [-0.39, 0.29) is 19.3 Å². The molecule has 0 aromatic rings. The van der Waals surface area contributed by atoms with Crippen molar-refractivity contribution in [3.8, 4) is 0 Å². The molecule has 1 amide bonds. The smallest absolute Gasteiger partial charge is 0.222 e. The van der Waals surface area contributed by atoms with E-state index in [4.69, 9.17) is 0 Å². The van der Waals surface area contributed by atoms with Gasteiger partial charge in [-0.3, -0.25) is 4.79 Å². The largest absolute Gasteiger partial charge is 0.356 e. The minimum Gasteiger partial charge on any atom is -0.356 e. The maximum Gasteiger partial charge on any atom is 0.222 e. The zero-order valence-corrected chi connectivity index (χ0v) is 5.69. The van der Waals surface area contributed by atoms with Crippen molar-refractivity contribution < 1.29 is 4.79 Å². The van der Waals surface area contributed by atoms with E-state index in [0.29, 0.717) is 0 Å². The minimum absolute atomic E-state index is 0. The Labute approximate surface area is 57.6 Å². The van der Waals surface area contributed by atoms with Crippen LogP contribution in [0.3, 0.4) is 0 Å². The van der Waals surface area contributed by atoms with Gasteiger partial charge in [0.2, 0.25) is 5.91 Å². The van der Waals surface area contributed by atoms with E-state index in [0.717, 1.165) is 6.54 Å². The van der Waals surface area contributed by atoms with Crippen LogP contribution >= 0.6 is 0 Å². The minimum atomic E-state index is 0. The van der Waals surface area contributed by atoms with Crippen LogP contribution in [0.4, 0.5) is 0 Å². The maximum atomic E-state index is 10.6. The van der Waals surface area contributed by atoms with Gasteiger partial charge in [-0.05, 0) is 6.92 Å². The van der Waals surface area contributed by atoms with Crippen LogP contribution in [-0.4, -0.2) is 12.5 Å². The summed E-state index contributed by atoms with van der Waals surface area (Å²) in [6.07, 6.45) is 0. The Morgan fingerprint density at radius 1 is 1.56 bits per heavy atom. The molecule has 0 spiro atoms. The summed E-state index contributed by atoms with van der Waals surface area (Å²) in [6.45, 7) is 6.41. The molecule has 0 heterocycles. The maximum absolute atomic E-state index is 10.6. The van der Waals surface area contributed by atoms with Crippen molar-refractivity contribution >= 4 is 5.91 Å². The van der Waals surface area contributed by atoms with Gasteiger partial charge in [-0.25, -0.2) is 0 Å². The number of nitrogens with one attached hydrogen (secondary N) is 1. The predicted molar refractivity (Wildman–Crippen MR) is 40.3 cm³/mol. The van der Waals surface area contributed by atoms with Crippen molar-refractivity contribution in [2.24, 2.45) is 5.92 Å². The zero-order chi connectivity index (χ0) is 6.57. The Morgan fingerprint density at radius 3 is 2.11 bits per heavy atom. The average molecular weight is 131 g/mol. The van der Waals surface area contributed by atoms with Crippen LogP contribution in [0.5, 0.6) is 0 Å². The molecule has 9 heavy (non-hydrogen) atoms. The third-order valence-corrected chi connectivity index (χ3v) is 0.875.